The van der Waals surface area contributed by atoms with Crippen LogP contribution in [0.1, 0.15) is 12.6 Å². The van der Waals surface area contributed by atoms with Gasteiger partial charge in [-0.3, -0.25) is 9.36 Å². The average molecular weight is 266 g/mol. The number of ether oxygens (including phenoxy) is 1. The molecule has 0 amide bonds. The molecule has 1 aliphatic heterocycles. The third kappa shape index (κ3) is 1.84. The molecule has 8 heteroatoms. The Kier molecular flexibility index (Phi) is 2.85. The van der Waals surface area contributed by atoms with E-state index in [0.29, 0.717) is 12.1 Å². The molecule has 0 radical (unpaired) electrons. The van der Waals surface area contributed by atoms with Crippen LogP contribution in [0.2, 0.25) is 0 Å². The van der Waals surface area contributed by atoms with E-state index in [1.165, 1.54) is 17.2 Å². The van der Waals surface area contributed by atoms with Crippen LogP contribution in [0.4, 0.5) is 0 Å². The largest absolute Gasteiger partial charge is 0.394 e. The zero-order chi connectivity index (χ0) is 13.6. The smallest absolute Gasteiger partial charge is 0.281 e. The predicted octanol–water partition coefficient (Wildman–Crippen LogP) is -1.23. The van der Waals surface area contributed by atoms with Gasteiger partial charge in [0, 0.05) is 13.5 Å². The average Bonchev–Trinajstić information content (AvgIpc) is 2.97. The van der Waals surface area contributed by atoms with Crippen LogP contribution in [0.25, 0.3) is 11.2 Å². The van der Waals surface area contributed by atoms with Gasteiger partial charge in [-0.05, 0) is 0 Å². The van der Waals surface area contributed by atoms with Gasteiger partial charge in [-0.2, -0.15) is 0 Å². The zero-order valence-corrected chi connectivity index (χ0v) is 10.3. The number of nitrogens with zero attached hydrogens (tertiary/aromatic N) is 4. The predicted molar refractivity (Wildman–Crippen MR) is 64.4 cm³/mol. The van der Waals surface area contributed by atoms with E-state index in [1.807, 2.05) is 0 Å². The van der Waals surface area contributed by atoms with Gasteiger partial charge < -0.3 is 19.5 Å². The molecule has 8 nitrogen and oxygen atoms in total. The third-order valence-corrected chi connectivity index (χ3v) is 3.34. The van der Waals surface area contributed by atoms with Crippen LogP contribution < -0.4 is 5.56 Å². The van der Waals surface area contributed by atoms with E-state index >= 15 is 0 Å². The normalized spacial score (nSPS) is 27.2. The first kappa shape index (κ1) is 12.3. The van der Waals surface area contributed by atoms with Gasteiger partial charge in [-0.15, -0.1) is 0 Å². The molecule has 3 heterocycles. The van der Waals surface area contributed by atoms with E-state index in [-0.39, 0.29) is 17.7 Å². The summed E-state index contributed by atoms with van der Waals surface area (Å²) < 4.78 is 8.47. The van der Waals surface area contributed by atoms with Crippen molar-refractivity contribution in [3.63, 3.8) is 0 Å². The highest BCUT2D eigenvalue weighted by atomic mass is 16.5. The Morgan fingerprint density at radius 1 is 1.47 bits per heavy atom. The van der Waals surface area contributed by atoms with Crippen molar-refractivity contribution in [2.24, 2.45) is 7.05 Å². The SMILES string of the molecule is Cn1cnc2c(ncn2[C@H]2CC(O)[C@@H](CO)O2)c1=O. The number of aliphatic hydroxyl groups excluding tert-OH is 2. The quantitative estimate of drug-likeness (QED) is 0.705. The summed E-state index contributed by atoms with van der Waals surface area (Å²) in [4.78, 5) is 20.1. The van der Waals surface area contributed by atoms with Crippen molar-refractivity contribution in [2.75, 3.05) is 6.61 Å². The van der Waals surface area contributed by atoms with E-state index < -0.39 is 18.4 Å². The molecule has 0 aromatic carbocycles. The molecule has 1 unspecified atom stereocenters. The maximum atomic E-state index is 11.9. The number of aryl methyl sites for hydroxylation is 1. The monoisotopic (exact) mass is 266 g/mol. The van der Waals surface area contributed by atoms with E-state index in [1.54, 1.807) is 11.6 Å². The van der Waals surface area contributed by atoms with Crippen molar-refractivity contribution in [1.29, 1.82) is 0 Å². The highest BCUT2D eigenvalue weighted by Gasteiger charge is 2.35. The first-order chi connectivity index (χ1) is 9.11. The molecular weight excluding hydrogens is 252 g/mol. The third-order valence-electron chi connectivity index (χ3n) is 3.34. The van der Waals surface area contributed by atoms with Gasteiger partial charge in [-0.1, -0.05) is 0 Å². The second-order valence-electron chi connectivity index (χ2n) is 4.60. The van der Waals surface area contributed by atoms with Gasteiger partial charge in [0.05, 0.1) is 25.4 Å². The van der Waals surface area contributed by atoms with Crippen molar-refractivity contribution in [3.05, 3.63) is 23.0 Å². The fourth-order valence-electron chi connectivity index (χ4n) is 2.26. The Morgan fingerprint density at radius 3 is 2.95 bits per heavy atom. The van der Waals surface area contributed by atoms with E-state index in [4.69, 9.17) is 9.84 Å². The lowest BCUT2D eigenvalue weighted by molar-refractivity contribution is -0.0432. The molecule has 3 atom stereocenters. The number of fused-ring (bicyclic) bond motifs is 1. The van der Waals surface area contributed by atoms with Crippen molar-refractivity contribution in [1.82, 2.24) is 19.1 Å². The summed E-state index contributed by atoms with van der Waals surface area (Å²) in [6, 6.07) is 0. The fraction of sp³-hybridized carbons (Fsp3) is 0.545. The van der Waals surface area contributed by atoms with Gasteiger partial charge in [0.25, 0.3) is 5.56 Å². The summed E-state index contributed by atoms with van der Waals surface area (Å²) in [7, 11) is 1.60. The lowest BCUT2D eigenvalue weighted by Gasteiger charge is -2.13. The molecule has 0 aliphatic carbocycles. The summed E-state index contributed by atoms with van der Waals surface area (Å²) in [5.41, 5.74) is 0.440. The maximum Gasteiger partial charge on any atom is 0.281 e. The molecule has 19 heavy (non-hydrogen) atoms. The Bertz CT molecular complexity index is 664. The molecule has 1 saturated heterocycles. The van der Waals surface area contributed by atoms with Crippen molar-refractivity contribution in [3.8, 4) is 0 Å². The summed E-state index contributed by atoms with van der Waals surface area (Å²) in [5.74, 6) is 0. The number of hydrogen-bond donors (Lipinski definition) is 2. The maximum absolute atomic E-state index is 11.9. The van der Waals surface area contributed by atoms with Gasteiger partial charge in [-0.25, -0.2) is 9.97 Å². The molecule has 1 aliphatic rings. The molecule has 3 rings (SSSR count). The summed E-state index contributed by atoms with van der Waals surface area (Å²) in [6.07, 6.45) is 1.38. The summed E-state index contributed by atoms with van der Waals surface area (Å²) >= 11 is 0. The van der Waals surface area contributed by atoms with Crippen LogP contribution in [0.3, 0.4) is 0 Å². The zero-order valence-electron chi connectivity index (χ0n) is 10.3. The topological polar surface area (TPSA) is 102 Å². The lowest BCUT2D eigenvalue weighted by atomic mass is 10.2. The molecule has 2 aromatic heterocycles. The number of aliphatic hydroxyl groups is 2. The standard InChI is InChI=1S/C11H14N4O4/c1-14-4-13-10-9(11(14)18)12-5-15(10)8-2-6(17)7(3-16)19-8/h4-8,16-17H,2-3H2,1H3/t6?,7-,8-/m1/s1. The minimum atomic E-state index is -0.737. The lowest BCUT2D eigenvalue weighted by Crippen LogP contribution is -2.24. The minimum absolute atomic E-state index is 0.235. The second-order valence-corrected chi connectivity index (χ2v) is 4.60. The van der Waals surface area contributed by atoms with Crippen molar-refractivity contribution >= 4 is 11.2 Å². The highest BCUT2D eigenvalue weighted by Crippen LogP contribution is 2.29. The molecule has 1 fully saturated rings. The van der Waals surface area contributed by atoms with Gasteiger partial charge in [0.1, 0.15) is 12.3 Å². The molecule has 2 aromatic rings. The molecule has 2 N–H and O–H groups in total. The van der Waals surface area contributed by atoms with Gasteiger partial charge in [0.2, 0.25) is 0 Å². The van der Waals surface area contributed by atoms with Crippen LogP contribution in [0.15, 0.2) is 17.4 Å². The van der Waals surface area contributed by atoms with E-state index in [2.05, 4.69) is 9.97 Å². The van der Waals surface area contributed by atoms with Crippen LogP contribution in [0.5, 0.6) is 0 Å². The Morgan fingerprint density at radius 2 is 2.26 bits per heavy atom. The number of imidazole rings is 1. The fourth-order valence-corrected chi connectivity index (χ4v) is 2.26. The first-order valence-electron chi connectivity index (χ1n) is 5.94. The van der Waals surface area contributed by atoms with Crippen LogP contribution in [-0.2, 0) is 11.8 Å². The number of aromatic nitrogens is 4. The molecule has 0 spiro atoms. The van der Waals surface area contributed by atoms with Gasteiger partial charge in [0.15, 0.2) is 11.2 Å². The Hall–Kier alpha value is -1.77. The number of hydrogen-bond acceptors (Lipinski definition) is 6. The molecule has 0 bridgehead atoms. The van der Waals surface area contributed by atoms with Crippen LogP contribution in [-0.4, -0.2) is 48.1 Å². The molecule has 0 saturated carbocycles. The van der Waals surface area contributed by atoms with Crippen LogP contribution >= 0.6 is 0 Å². The van der Waals surface area contributed by atoms with Crippen molar-refractivity contribution in [2.45, 2.75) is 24.9 Å². The van der Waals surface area contributed by atoms with Crippen molar-refractivity contribution < 1.29 is 14.9 Å². The Balaban J connectivity index is 2.03. The van der Waals surface area contributed by atoms with Crippen LogP contribution in [0, 0.1) is 0 Å². The summed E-state index contributed by atoms with van der Waals surface area (Å²) in [6.45, 7) is -0.251. The second kappa shape index (κ2) is 4.41. The van der Waals surface area contributed by atoms with E-state index in [9.17, 15) is 9.90 Å². The van der Waals surface area contributed by atoms with E-state index in [0.717, 1.165) is 0 Å². The minimum Gasteiger partial charge on any atom is -0.394 e. The summed E-state index contributed by atoms with van der Waals surface area (Å²) in [5, 5.41) is 18.8. The van der Waals surface area contributed by atoms with Gasteiger partial charge >= 0.3 is 0 Å². The molecular formula is C11H14N4O4. The highest BCUT2D eigenvalue weighted by molar-refractivity contribution is 5.69. The molecule has 102 valence electrons. The first-order valence-corrected chi connectivity index (χ1v) is 5.94. The Labute approximate surface area is 107 Å². The number of rotatable bonds is 2.